The van der Waals surface area contributed by atoms with Gasteiger partial charge in [-0.3, -0.25) is 0 Å². The number of unbranched alkanes of at least 4 members (excludes halogenated alkanes) is 11. The number of hydrogen-bond acceptors (Lipinski definition) is 8. The van der Waals surface area contributed by atoms with Crippen LogP contribution in [-0.2, 0) is 23.7 Å². The van der Waals surface area contributed by atoms with Crippen molar-refractivity contribution in [2.24, 2.45) is 0 Å². The Kier molecular flexibility index (Phi) is 25.5. The number of hydrogen-bond donors (Lipinski definition) is 1. The molecule has 0 aliphatic carbocycles. The summed E-state index contributed by atoms with van der Waals surface area (Å²) < 4.78 is 25.7. The molecule has 0 aromatic rings. The monoisotopic (exact) mass is 476 g/mol. The highest BCUT2D eigenvalue weighted by molar-refractivity contribution is 5.60. The fourth-order valence-electron chi connectivity index (χ4n) is 3.05. The molecule has 8 nitrogen and oxygen atoms in total. The molecule has 0 amide bonds. The van der Waals surface area contributed by atoms with E-state index in [9.17, 15) is 9.59 Å². The Hall–Kier alpha value is -1.54. The van der Waals surface area contributed by atoms with Crippen LogP contribution >= 0.6 is 0 Å². The third-order valence-electron chi connectivity index (χ3n) is 5.05. The van der Waals surface area contributed by atoms with Gasteiger partial charge in [0.1, 0.15) is 0 Å². The number of ether oxygens (including phenoxy) is 5. The highest BCUT2D eigenvalue weighted by Crippen LogP contribution is 2.04. The number of rotatable bonds is 24. The lowest BCUT2D eigenvalue weighted by Crippen LogP contribution is -2.09. The van der Waals surface area contributed by atoms with E-state index in [1.807, 2.05) is 0 Å². The summed E-state index contributed by atoms with van der Waals surface area (Å²) >= 11 is 0. The van der Waals surface area contributed by atoms with Crippen molar-refractivity contribution in [3.05, 3.63) is 0 Å². The van der Waals surface area contributed by atoms with Gasteiger partial charge in [0, 0.05) is 19.8 Å². The van der Waals surface area contributed by atoms with Gasteiger partial charge in [0.2, 0.25) is 0 Å². The Bertz CT molecular complexity index is 431. The normalized spacial score (nSPS) is 10.7. The Morgan fingerprint density at radius 2 is 0.818 bits per heavy atom. The van der Waals surface area contributed by atoms with Crippen molar-refractivity contribution < 1.29 is 38.4 Å². The maximum absolute atomic E-state index is 11.4. The Morgan fingerprint density at radius 1 is 0.485 bits per heavy atom. The van der Waals surface area contributed by atoms with Gasteiger partial charge in [0.05, 0.1) is 26.4 Å². The minimum Gasteiger partial charge on any atom is -0.434 e. The average Bonchev–Trinajstić information content (AvgIpc) is 2.81. The first-order chi connectivity index (χ1) is 16.2. The standard InChI is InChI=1S/C25H48O8/c1-2-3-4-13-20-30-24(27)32-22-15-8-7-11-18-29-19-12-9-16-23-33-25(28)31-21-14-6-5-10-17-26/h26H,2-23H2,1H3. The maximum atomic E-state index is 11.4. The molecule has 1 N–H and O–H groups in total. The zero-order chi connectivity index (χ0) is 24.2. The van der Waals surface area contributed by atoms with Gasteiger partial charge < -0.3 is 28.8 Å². The Balaban J connectivity index is 3.19. The molecule has 0 aliphatic heterocycles. The second-order valence-electron chi connectivity index (χ2n) is 8.18. The molecule has 8 heteroatoms. The first-order valence-electron chi connectivity index (χ1n) is 13.0. The van der Waals surface area contributed by atoms with Crippen LogP contribution in [0.5, 0.6) is 0 Å². The zero-order valence-corrected chi connectivity index (χ0v) is 20.9. The summed E-state index contributed by atoms with van der Waals surface area (Å²) in [5.41, 5.74) is 0. The van der Waals surface area contributed by atoms with Crippen LogP contribution in [0.3, 0.4) is 0 Å². The Morgan fingerprint density at radius 3 is 1.21 bits per heavy atom. The van der Waals surface area contributed by atoms with Crippen molar-refractivity contribution in [3.8, 4) is 0 Å². The van der Waals surface area contributed by atoms with Crippen molar-refractivity contribution >= 4 is 12.3 Å². The lowest BCUT2D eigenvalue weighted by Gasteiger charge is -2.07. The third-order valence-corrected chi connectivity index (χ3v) is 5.05. The van der Waals surface area contributed by atoms with Gasteiger partial charge in [-0.1, -0.05) is 39.0 Å². The molecule has 0 aliphatic rings. The van der Waals surface area contributed by atoms with E-state index in [-0.39, 0.29) is 6.61 Å². The number of aliphatic hydroxyl groups is 1. The molecule has 0 rings (SSSR count). The van der Waals surface area contributed by atoms with Crippen LogP contribution in [0.25, 0.3) is 0 Å². The number of carbonyl (C=O) groups is 2. The predicted octanol–water partition coefficient (Wildman–Crippen LogP) is 6.17. The van der Waals surface area contributed by atoms with Crippen LogP contribution in [0, 0.1) is 0 Å². The molecule has 0 saturated carbocycles. The zero-order valence-electron chi connectivity index (χ0n) is 20.9. The maximum Gasteiger partial charge on any atom is 0.508 e. The van der Waals surface area contributed by atoms with E-state index < -0.39 is 12.3 Å². The highest BCUT2D eigenvalue weighted by Gasteiger charge is 2.04. The molecule has 196 valence electrons. The van der Waals surface area contributed by atoms with Gasteiger partial charge in [-0.25, -0.2) is 9.59 Å². The molecule has 0 spiro atoms. The van der Waals surface area contributed by atoms with Gasteiger partial charge in [0.25, 0.3) is 0 Å². The summed E-state index contributed by atoms with van der Waals surface area (Å²) in [6.45, 7) is 5.42. The molecular weight excluding hydrogens is 428 g/mol. The number of aliphatic hydroxyl groups excluding tert-OH is 1. The van der Waals surface area contributed by atoms with Crippen LogP contribution in [0.1, 0.15) is 103 Å². The van der Waals surface area contributed by atoms with Crippen LogP contribution < -0.4 is 0 Å². The molecular formula is C25H48O8. The van der Waals surface area contributed by atoms with E-state index in [1.54, 1.807) is 0 Å². The van der Waals surface area contributed by atoms with E-state index in [0.29, 0.717) is 33.0 Å². The van der Waals surface area contributed by atoms with Crippen molar-refractivity contribution in [1.29, 1.82) is 0 Å². The van der Waals surface area contributed by atoms with E-state index in [0.717, 1.165) is 90.1 Å². The molecule has 0 saturated heterocycles. The van der Waals surface area contributed by atoms with Crippen LogP contribution in [0.15, 0.2) is 0 Å². The van der Waals surface area contributed by atoms with E-state index in [2.05, 4.69) is 6.92 Å². The topological polar surface area (TPSA) is 101 Å². The molecule has 0 bridgehead atoms. The first-order valence-corrected chi connectivity index (χ1v) is 13.0. The van der Waals surface area contributed by atoms with Gasteiger partial charge in [-0.15, -0.1) is 0 Å². The van der Waals surface area contributed by atoms with Gasteiger partial charge in [-0.05, 0) is 64.2 Å². The summed E-state index contributed by atoms with van der Waals surface area (Å²) in [6, 6.07) is 0. The highest BCUT2D eigenvalue weighted by atomic mass is 16.7. The molecule has 0 fully saturated rings. The lowest BCUT2D eigenvalue weighted by molar-refractivity contribution is 0.0510. The summed E-state index contributed by atoms with van der Waals surface area (Å²) in [5.74, 6) is 0. The third kappa shape index (κ3) is 26.6. The minimum atomic E-state index is -0.599. The van der Waals surface area contributed by atoms with Crippen LogP contribution in [0.4, 0.5) is 9.59 Å². The molecule has 0 radical (unpaired) electrons. The van der Waals surface area contributed by atoms with E-state index >= 15 is 0 Å². The smallest absolute Gasteiger partial charge is 0.434 e. The second kappa shape index (κ2) is 26.7. The molecule has 0 aromatic carbocycles. The quantitative estimate of drug-likeness (QED) is 0.130. The molecule has 33 heavy (non-hydrogen) atoms. The molecule has 0 heterocycles. The molecule has 0 unspecified atom stereocenters. The van der Waals surface area contributed by atoms with Gasteiger partial charge >= 0.3 is 12.3 Å². The van der Waals surface area contributed by atoms with Crippen molar-refractivity contribution in [1.82, 2.24) is 0 Å². The Labute approximate surface area is 200 Å². The minimum absolute atomic E-state index is 0.212. The van der Waals surface area contributed by atoms with Crippen molar-refractivity contribution in [2.45, 2.75) is 103 Å². The SMILES string of the molecule is CCCCCCOC(=O)OCCCCCCOCCCCCOC(=O)OCCCCCCO. The second-order valence-corrected chi connectivity index (χ2v) is 8.18. The predicted molar refractivity (Wildman–Crippen MR) is 127 cm³/mol. The van der Waals surface area contributed by atoms with Crippen LogP contribution in [-0.4, -0.2) is 63.7 Å². The fraction of sp³-hybridized carbons (Fsp3) is 0.920. The van der Waals surface area contributed by atoms with Crippen molar-refractivity contribution in [2.75, 3.05) is 46.2 Å². The lowest BCUT2D eigenvalue weighted by atomic mass is 10.2. The summed E-state index contributed by atoms with van der Waals surface area (Å²) in [4.78, 5) is 22.8. The van der Waals surface area contributed by atoms with E-state index in [4.69, 9.17) is 28.8 Å². The van der Waals surface area contributed by atoms with Crippen LogP contribution in [0.2, 0.25) is 0 Å². The summed E-state index contributed by atoms with van der Waals surface area (Å²) in [6.07, 6.45) is 13.2. The largest absolute Gasteiger partial charge is 0.508 e. The summed E-state index contributed by atoms with van der Waals surface area (Å²) in [5, 5.41) is 8.68. The first kappa shape index (κ1) is 31.5. The fourth-order valence-corrected chi connectivity index (χ4v) is 3.05. The summed E-state index contributed by atoms with van der Waals surface area (Å²) in [7, 11) is 0. The van der Waals surface area contributed by atoms with Crippen molar-refractivity contribution in [3.63, 3.8) is 0 Å². The van der Waals surface area contributed by atoms with Gasteiger partial charge in [0.15, 0.2) is 0 Å². The average molecular weight is 477 g/mol. The van der Waals surface area contributed by atoms with Gasteiger partial charge in [-0.2, -0.15) is 0 Å². The van der Waals surface area contributed by atoms with E-state index in [1.165, 1.54) is 12.8 Å². The molecule has 0 aromatic heterocycles. The number of carbonyl (C=O) groups excluding carboxylic acids is 2. The molecule has 0 atom stereocenters.